The SMILES string of the molecule is C=CCn1c(=O)cc(C(=O)O)[nH]c1=S. The van der Waals surface area contributed by atoms with Crippen molar-refractivity contribution in [3.8, 4) is 0 Å². The standard InChI is InChI=1S/C8H8N2O3S/c1-2-3-10-6(11)4-5(7(12)13)9-8(10)14/h2,4H,1,3H2,(H,9,14)(H,12,13). The molecule has 0 bridgehead atoms. The fourth-order valence-corrected chi connectivity index (χ4v) is 1.21. The van der Waals surface area contributed by atoms with Gasteiger partial charge in [0.15, 0.2) is 4.77 Å². The summed E-state index contributed by atoms with van der Waals surface area (Å²) in [7, 11) is 0. The van der Waals surface area contributed by atoms with Crippen molar-refractivity contribution in [2.45, 2.75) is 6.54 Å². The molecular weight excluding hydrogens is 204 g/mol. The van der Waals surface area contributed by atoms with Gasteiger partial charge in [-0.3, -0.25) is 9.36 Å². The molecule has 0 aliphatic carbocycles. The molecule has 0 aliphatic heterocycles. The largest absolute Gasteiger partial charge is 0.477 e. The van der Waals surface area contributed by atoms with Gasteiger partial charge in [0, 0.05) is 12.6 Å². The van der Waals surface area contributed by atoms with Crippen molar-refractivity contribution < 1.29 is 9.90 Å². The lowest BCUT2D eigenvalue weighted by molar-refractivity contribution is 0.0689. The lowest BCUT2D eigenvalue weighted by atomic mass is 10.4. The number of allylic oxidation sites excluding steroid dienone is 1. The summed E-state index contributed by atoms with van der Waals surface area (Å²) < 4.78 is 1.30. The Morgan fingerprint density at radius 2 is 2.43 bits per heavy atom. The molecule has 1 aromatic rings. The van der Waals surface area contributed by atoms with E-state index in [9.17, 15) is 9.59 Å². The lowest BCUT2D eigenvalue weighted by Gasteiger charge is -2.02. The maximum atomic E-state index is 11.3. The topological polar surface area (TPSA) is 75.1 Å². The summed E-state index contributed by atoms with van der Waals surface area (Å²) in [5.74, 6) is -1.21. The van der Waals surface area contributed by atoms with E-state index in [2.05, 4.69) is 11.6 Å². The molecule has 0 aliphatic rings. The van der Waals surface area contributed by atoms with Gasteiger partial charge in [-0.15, -0.1) is 6.58 Å². The van der Waals surface area contributed by atoms with Crippen LogP contribution in [0.2, 0.25) is 0 Å². The predicted octanol–water partition coefficient (Wildman–Crippen LogP) is 0.790. The Morgan fingerprint density at radius 1 is 1.79 bits per heavy atom. The summed E-state index contributed by atoms with van der Waals surface area (Å²) in [6.07, 6.45) is 1.51. The first-order chi connectivity index (χ1) is 6.56. The summed E-state index contributed by atoms with van der Waals surface area (Å²) in [5, 5.41) is 8.61. The number of carboxylic acids is 1. The van der Waals surface area contributed by atoms with Crippen molar-refractivity contribution in [3.05, 3.63) is 39.5 Å². The Labute approximate surface area is 84.3 Å². The van der Waals surface area contributed by atoms with Crippen LogP contribution in [0.25, 0.3) is 0 Å². The molecule has 0 saturated heterocycles. The molecule has 5 nitrogen and oxygen atoms in total. The van der Waals surface area contributed by atoms with E-state index in [1.165, 1.54) is 10.6 Å². The van der Waals surface area contributed by atoms with Crippen LogP contribution in [0.15, 0.2) is 23.5 Å². The molecule has 0 fully saturated rings. The average molecular weight is 212 g/mol. The molecule has 0 unspecified atom stereocenters. The van der Waals surface area contributed by atoms with Crippen molar-refractivity contribution in [3.63, 3.8) is 0 Å². The zero-order chi connectivity index (χ0) is 10.7. The van der Waals surface area contributed by atoms with E-state index < -0.39 is 11.5 Å². The Balaban J connectivity index is 3.40. The molecule has 1 rings (SSSR count). The van der Waals surface area contributed by atoms with Gasteiger partial charge >= 0.3 is 5.97 Å². The van der Waals surface area contributed by atoms with Gasteiger partial charge < -0.3 is 10.1 Å². The number of aromatic amines is 1. The first-order valence-electron chi connectivity index (χ1n) is 3.74. The number of hydrogen-bond acceptors (Lipinski definition) is 3. The second-order valence-electron chi connectivity index (χ2n) is 2.53. The van der Waals surface area contributed by atoms with Gasteiger partial charge in [0.2, 0.25) is 0 Å². The molecule has 0 aromatic carbocycles. The highest BCUT2D eigenvalue weighted by molar-refractivity contribution is 7.71. The van der Waals surface area contributed by atoms with E-state index >= 15 is 0 Å². The minimum Gasteiger partial charge on any atom is -0.477 e. The second-order valence-corrected chi connectivity index (χ2v) is 2.92. The van der Waals surface area contributed by atoms with Crippen molar-refractivity contribution in [2.75, 3.05) is 0 Å². The fraction of sp³-hybridized carbons (Fsp3) is 0.125. The molecule has 2 N–H and O–H groups in total. The fourth-order valence-electron chi connectivity index (χ4n) is 0.937. The van der Waals surface area contributed by atoms with Gasteiger partial charge in [0.25, 0.3) is 5.56 Å². The number of aromatic carboxylic acids is 1. The molecule has 0 amide bonds. The van der Waals surface area contributed by atoms with E-state index in [0.29, 0.717) is 0 Å². The number of rotatable bonds is 3. The molecule has 14 heavy (non-hydrogen) atoms. The molecule has 0 saturated carbocycles. The molecule has 0 radical (unpaired) electrons. The Hall–Kier alpha value is -1.69. The van der Waals surface area contributed by atoms with Crippen LogP contribution in [0.3, 0.4) is 0 Å². The minimum atomic E-state index is -1.21. The van der Waals surface area contributed by atoms with E-state index in [1.807, 2.05) is 0 Å². The Bertz CT molecular complexity index is 455. The normalized spacial score (nSPS) is 9.71. The number of aromatic nitrogens is 2. The van der Waals surface area contributed by atoms with Crippen LogP contribution in [0.5, 0.6) is 0 Å². The van der Waals surface area contributed by atoms with Gasteiger partial charge in [0.05, 0.1) is 0 Å². The van der Waals surface area contributed by atoms with Crippen LogP contribution in [0.1, 0.15) is 10.5 Å². The molecular formula is C8H8N2O3S. The van der Waals surface area contributed by atoms with Crippen LogP contribution in [0.4, 0.5) is 0 Å². The molecule has 0 spiro atoms. The van der Waals surface area contributed by atoms with Crippen molar-refractivity contribution in [2.24, 2.45) is 0 Å². The van der Waals surface area contributed by atoms with Crippen LogP contribution in [0, 0.1) is 4.77 Å². The van der Waals surface area contributed by atoms with E-state index in [1.54, 1.807) is 0 Å². The third-order valence-electron chi connectivity index (χ3n) is 1.56. The summed E-state index contributed by atoms with van der Waals surface area (Å²) in [5.41, 5.74) is -0.661. The summed E-state index contributed by atoms with van der Waals surface area (Å²) in [6.45, 7) is 3.72. The summed E-state index contributed by atoms with van der Waals surface area (Å²) in [4.78, 5) is 24.3. The van der Waals surface area contributed by atoms with Crippen LogP contribution in [-0.2, 0) is 6.54 Å². The van der Waals surface area contributed by atoms with E-state index in [-0.39, 0.29) is 17.0 Å². The highest BCUT2D eigenvalue weighted by Crippen LogP contribution is 1.92. The average Bonchev–Trinajstić information content (AvgIpc) is 2.10. The summed E-state index contributed by atoms with van der Waals surface area (Å²) >= 11 is 4.81. The van der Waals surface area contributed by atoms with Gasteiger partial charge in [0.1, 0.15) is 5.69 Å². The third-order valence-corrected chi connectivity index (χ3v) is 1.89. The van der Waals surface area contributed by atoms with Gasteiger partial charge in [-0.05, 0) is 12.2 Å². The molecule has 1 heterocycles. The highest BCUT2D eigenvalue weighted by atomic mass is 32.1. The summed E-state index contributed by atoms with van der Waals surface area (Å²) in [6, 6.07) is 0.988. The minimum absolute atomic E-state index is 0.0785. The molecule has 0 atom stereocenters. The number of H-pyrrole nitrogens is 1. The van der Waals surface area contributed by atoms with Crippen LogP contribution >= 0.6 is 12.2 Å². The van der Waals surface area contributed by atoms with Gasteiger partial charge in [-0.1, -0.05) is 6.08 Å². The maximum Gasteiger partial charge on any atom is 0.352 e. The van der Waals surface area contributed by atoms with Crippen molar-refractivity contribution in [1.82, 2.24) is 9.55 Å². The Kier molecular flexibility index (Phi) is 2.98. The first-order valence-corrected chi connectivity index (χ1v) is 4.15. The monoisotopic (exact) mass is 212 g/mol. The first kappa shape index (κ1) is 10.4. The predicted molar refractivity (Wildman–Crippen MR) is 53.0 cm³/mol. The zero-order valence-electron chi connectivity index (χ0n) is 7.19. The zero-order valence-corrected chi connectivity index (χ0v) is 8.00. The lowest BCUT2D eigenvalue weighted by Crippen LogP contribution is -2.22. The maximum absolute atomic E-state index is 11.3. The van der Waals surface area contributed by atoms with E-state index in [0.717, 1.165) is 6.07 Å². The number of nitrogens with one attached hydrogen (secondary N) is 1. The van der Waals surface area contributed by atoms with E-state index in [4.69, 9.17) is 17.3 Å². The van der Waals surface area contributed by atoms with Gasteiger partial charge in [-0.2, -0.15) is 0 Å². The molecule has 6 heteroatoms. The third kappa shape index (κ3) is 1.97. The Morgan fingerprint density at radius 3 is 2.86 bits per heavy atom. The molecule has 74 valence electrons. The quantitative estimate of drug-likeness (QED) is 0.573. The number of nitrogens with zero attached hydrogens (tertiary/aromatic N) is 1. The smallest absolute Gasteiger partial charge is 0.352 e. The van der Waals surface area contributed by atoms with Crippen LogP contribution in [-0.4, -0.2) is 20.6 Å². The van der Waals surface area contributed by atoms with Crippen molar-refractivity contribution in [1.29, 1.82) is 0 Å². The van der Waals surface area contributed by atoms with Gasteiger partial charge in [-0.25, -0.2) is 4.79 Å². The number of carbonyl (C=O) groups is 1. The second kappa shape index (κ2) is 4.01. The molecule has 1 aromatic heterocycles. The van der Waals surface area contributed by atoms with Crippen LogP contribution < -0.4 is 5.56 Å². The van der Waals surface area contributed by atoms with Crippen molar-refractivity contribution >= 4 is 18.2 Å². The number of hydrogen-bond donors (Lipinski definition) is 2. The number of carboxylic acid groups (broad SMARTS) is 1. The highest BCUT2D eigenvalue weighted by Gasteiger charge is 2.06.